The number of likely N-dealkylation sites (tertiary alicyclic amines) is 1. The van der Waals surface area contributed by atoms with Gasteiger partial charge in [0, 0.05) is 36.1 Å². The van der Waals surface area contributed by atoms with Crippen LogP contribution in [0.2, 0.25) is 0 Å². The topological polar surface area (TPSA) is 61.3 Å². The molecular weight excluding hydrogens is 413 g/mol. The molecule has 3 aromatic rings. The van der Waals surface area contributed by atoms with Crippen LogP contribution in [0.15, 0.2) is 36.7 Å². The van der Waals surface area contributed by atoms with E-state index in [1.165, 1.54) is 11.9 Å². The summed E-state index contributed by atoms with van der Waals surface area (Å²) in [4.78, 5) is 11.4. The number of alkyl halides is 3. The number of benzene rings is 1. The lowest BCUT2D eigenvalue weighted by atomic mass is 10.0. The number of nitrogens with zero attached hydrogens (tertiary/aromatic N) is 3. The summed E-state index contributed by atoms with van der Waals surface area (Å²) in [6.45, 7) is 2.29. The van der Waals surface area contributed by atoms with Crippen molar-refractivity contribution in [3.8, 4) is 0 Å². The number of aromatic nitrogens is 2. The number of fused-ring (bicyclic) bond motifs is 1. The van der Waals surface area contributed by atoms with Gasteiger partial charge < -0.3 is 10.4 Å². The lowest BCUT2D eigenvalue weighted by molar-refractivity contribution is -0.126. The predicted octanol–water partition coefficient (Wildman–Crippen LogP) is 4.36. The van der Waals surface area contributed by atoms with Crippen molar-refractivity contribution in [1.82, 2.24) is 14.9 Å². The monoisotopic (exact) mass is 436 g/mol. The van der Waals surface area contributed by atoms with Gasteiger partial charge in [0.25, 0.3) is 0 Å². The number of piperidine rings is 1. The number of hydrogen-bond acceptors (Lipinski definition) is 6. The molecule has 2 aromatic heterocycles. The highest BCUT2D eigenvalue weighted by molar-refractivity contribution is 7.19. The summed E-state index contributed by atoms with van der Waals surface area (Å²) in [6, 6.07) is 10.5. The van der Waals surface area contributed by atoms with Crippen LogP contribution in [0.3, 0.4) is 0 Å². The molecule has 160 valence electrons. The lowest BCUT2D eigenvalue weighted by Gasteiger charge is -2.32. The molecule has 0 aliphatic carbocycles. The molecule has 0 bridgehead atoms. The standard InChI is InChI=1S/C21H23F3N4OS/c22-21(23,24)10-17-16(12-29)18-19(25-13-26-20(18)30-17)27-15-6-8-28(9-7-15)11-14-4-2-1-3-5-14/h1-5,13,15,29H,6-12H2,(H,25,26,27). The van der Waals surface area contributed by atoms with E-state index in [9.17, 15) is 18.3 Å². The van der Waals surface area contributed by atoms with Crippen LogP contribution in [0.1, 0.15) is 28.8 Å². The summed E-state index contributed by atoms with van der Waals surface area (Å²) < 4.78 is 38.8. The van der Waals surface area contributed by atoms with E-state index in [0.717, 1.165) is 43.8 Å². The summed E-state index contributed by atoms with van der Waals surface area (Å²) in [6.07, 6.45) is -2.22. The van der Waals surface area contributed by atoms with E-state index in [0.29, 0.717) is 16.0 Å². The van der Waals surface area contributed by atoms with Gasteiger partial charge in [-0.3, -0.25) is 4.90 Å². The smallest absolute Gasteiger partial charge is 0.392 e. The molecule has 0 unspecified atom stereocenters. The molecule has 1 aliphatic heterocycles. The van der Waals surface area contributed by atoms with Crippen LogP contribution in [0.4, 0.5) is 19.0 Å². The zero-order valence-corrected chi connectivity index (χ0v) is 17.1. The number of anilines is 1. The average molecular weight is 437 g/mol. The van der Waals surface area contributed by atoms with E-state index < -0.39 is 19.2 Å². The third-order valence-electron chi connectivity index (χ3n) is 5.37. The normalized spacial score (nSPS) is 16.3. The third kappa shape index (κ3) is 4.91. The minimum Gasteiger partial charge on any atom is -0.392 e. The van der Waals surface area contributed by atoms with Crippen molar-refractivity contribution in [2.75, 3.05) is 18.4 Å². The van der Waals surface area contributed by atoms with Crippen LogP contribution in [-0.4, -0.2) is 45.3 Å². The molecule has 1 aliphatic rings. The maximum absolute atomic E-state index is 12.9. The van der Waals surface area contributed by atoms with Gasteiger partial charge in [-0.25, -0.2) is 9.97 Å². The average Bonchev–Trinajstić information content (AvgIpc) is 3.06. The number of hydrogen-bond donors (Lipinski definition) is 2. The first-order chi connectivity index (χ1) is 14.4. The number of nitrogens with one attached hydrogen (secondary N) is 1. The van der Waals surface area contributed by atoms with Gasteiger partial charge in [-0.05, 0) is 18.4 Å². The molecule has 1 aromatic carbocycles. The van der Waals surface area contributed by atoms with Crippen molar-refractivity contribution in [2.45, 2.75) is 44.6 Å². The van der Waals surface area contributed by atoms with Crippen LogP contribution in [-0.2, 0) is 19.6 Å². The minimum absolute atomic E-state index is 0.0984. The van der Waals surface area contributed by atoms with Crippen molar-refractivity contribution in [2.24, 2.45) is 0 Å². The molecule has 1 saturated heterocycles. The van der Waals surface area contributed by atoms with Gasteiger partial charge in [0.1, 0.15) is 17.0 Å². The van der Waals surface area contributed by atoms with Crippen LogP contribution < -0.4 is 5.32 Å². The quantitative estimate of drug-likeness (QED) is 0.601. The van der Waals surface area contributed by atoms with Gasteiger partial charge in [0.05, 0.1) is 18.4 Å². The van der Waals surface area contributed by atoms with E-state index in [4.69, 9.17) is 0 Å². The Morgan fingerprint density at radius 1 is 1.13 bits per heavy atom. The highest BCUT2D eigenvalue weighted by Gasteiger charge is 2.31. The molecule has 0 atom stereocenters. The highest BCUT2D eigenvalue weighted by Crippen LogP contribution is 2.37. The number of halogens is 3. The molecule has 4 rings (SSSR count). The van der Waals surface area contributed by atoms with Crippen molar-refractivity contribution in [3.05, 3.63) is 52.7 Å². The maximum atomic E-state index is 12.9. The Labute approximate surface area is 176 Å². The zero-order chi connectivity index (χ0) is 21.1. The van der Waals surface area contributed by atoms with Gasteiger partial charge in [-0.1, -0.05) is 30.3 Å². The fourth-order valence-corrected chi connectivity index (χ4v) is 5.09. The van der Waals surface area contributed by atoms with Crippen molar-refractivity contribution < 1.29 is 18.3 Å². The Balaban J connectivity index is 1.46. The number of rotatable bonds is 6. The van der Waals surface area contributed by atoms with Crippen LogP contribution in [0, 0.1) is 0 Å². The first-order valence-corrected chi connectivity index (χ1v) is 10.7. The molecule has 1 fully saturated rings. The SMILES string of the molecule is OCc1c(CC(F)(F)F)sc2ncnc(NC3CCN(Cc4ccccc4)CC3)c12. The molecule has 5 nitrogen and oxygen atoms in total. The Morgan fingerprint density at radius 2 is 1.87 bits per heavy atom. The van der Waals surface area contributed by atoms with Crippen LogP contribution in [0.5, 0.6) is 0 Å². The molecule has 2 N–H and O–H groups in total. The van der Waals surface area contributed by atoms with Crippen molar-refractivity contribution in [1.29, 1.82) is 0 Å². The van der Waals surface area contributed by atoms with E-state index in [-0.39, 0.29) is 16.5 Å². The van der Waals surface area contributed by atoms with Crippen LogP contribution in [0.25, 0.3) is 10.2 Å². The van der Waals surface area contributed by atoms with Gasteiger partial charge in [0.2, 0.25) is 0 Å². The van der Waals surface area contributed by atoms with E-state index >= 15 is 0 Å². The summed E-state index contributed by atoms with van der Waals surface area (Å²) in [7, 11) is 0. The number of aliphatic hydroxyl groups is 1. The minimum atomic E-state index is -4.34. The summed E-state index contributed by atoms with van der Waals surface area (Å²) in [5.41, 5.74) is 1.56. The van der Waals surface area contributed by atoms with Gasteiger partial charge in [-0.2, -0.15) is 13.2 Å². The molecule has 3 heterocycles. The molecule has 0 radical (unpaired) electrons. The molecule has 30 heavy (non-hydrogen) atoms. The Morgan fingerprint density at radius 3 is 2.53 bits per heavy atom. The summed E-state index contributed by atoms with van der Waals surface area (Å²) in [5, 5.41) is 13.7. The van der Waals surface area contributed by atoms with E-state index in [1.807, 2.05) is 18.2 Å². The number of aliphatic hydroxyl groups excluding tert-OH is 1. The fraction of sp³-hybridized carbons (Fsp3) is 0.429. The van der Waals surface area contributed by atoms with Gasteiger partial charge in [-0.15, -0.1) is 11.3 Å². The van der Waals surface area contributed by atoms with Gasteiger partial charge >= 0.3 is 6.18 Å². The Bertz CT molecular complexity index is 985. The second-order valence-electron chi connectivity index (χ2n) is 7.54. The highest BCUT2D eigenvalue weighted by atomic mass is 32.1. The summed E-state index contributed by atoms with van der Waals surface area (Å²) in [5.74, 6) is 0.509. The predicted molar refractivity (Wildman–Crippen MR) is 111 cm³/mol. The molecular formula is C21H23F3N4OS. The van der Waals surface area contributed by atoms with E-state index in [2.05, 4.69) is 32.3 Å². The first-order valence-electron chi connectivity index (χ1n) is 9.88. The molecule has 9 heteroatoms. The van der Waals surface area contributed by atoms with Crippen LogP contribution >= 0.6 is 11.3 Å². The summed E-state index contributed by atoms with van der Waals surface area (Å²) >= 11 is 0.974. The van der Waals surface area contributed by atoms with Gasteiger partial charge in [0.15, 0.2) is 0 Å². The molecule has 0 amide bonds. The fourth-order valence-electron chi connectivity index (χ4n) is 3.91. The molecule has 0 spiro atoms. The lowest BCUT2D eigenvalue weighted by Crippen LogP contribution is -2.38. The Hall–Kier alpha value is -2.23. The number of thiophene rings is 1. The Kier molecular flexibility index (Phi) is 6.21. The largest absolute Gasteiger partial charge is 0.393 e. The van der Waals surface area contributed by atoms with E-state index in [1.54, 1.807) is 0 Å². The first kappa shape index (κ1) is 21.0. The molecule has 0 saturated carbocycles. The zero-order valence-electron chi connectivity index (χ0n) is 16.3. The van der Waals surface area contributed by atoms with Crippen molar-refractivity contribution >= 4 is 27.4 Å². The second-order valence-corrected chi connectivity index (χ2v) is 8.62. The third-order valence-corrected chi connectivity index (χ3v) is 6.51. The second kappa shape index (κ2) is 8.87. The maximum Gasteiger partial charge on any atom is 0.393 e. The van der Waals surface area contributed by atoms with Crippen molar-refractivity contribution in [3.63, 3.8) is 0 Å².